The van der Waals surface area contributed by atoms with Crippen LogP contribution in [0.15, 0.2) is 30.3 Å². The molecule has 1 amide bonds. The molecule has 5 nitrogen and oxygen atoms in total. The Morgan fingerprint density at radius 3 is 2.75 bits per heavy atom. The minimum atomic E-state index is -0.935. The Hall–Kier alpha value is -1.53. The lowest BCUT2D eigenvalue weighted by molar-refractivity contribution is -0.147. The van der Waals surface area contributed by atoms with E-state index >= 15 is 0 Å². The van der Waals surface area contributed by atoms with Crippen LogP contribution in [0.3, 0.4) is 0 Å². The lowest BCUT2D eigenvalue weighted by atomic mass is 10.0. The van der Waals surface area contributed by atoms with E-state index < -0.39 is 12.0 Å². The fourth-order valence-corrected chi connectivity index (χ4v) is 3.35. The van der Waals surface area contributed by atoms with E-state index in [9.17, 15) is 9.59 Å². The van der Waals surface area contributed by atoms with Gasteiger partial charge in [0, 0.05) is 18.2 Å². The number of carbonyl (C=O) groups is 2. The van der Waals surface area contributed by atoms with Gasteiger partial charge >= 0.3 is 5.97 Å². The number of benzene rings is 1. The first kappa shape index (κ1) is 14.9. The molecule has 1 aliphatic rings. The maximum absolute atomic E-state index is 12.1. The third-order valence-electron chi connectivity index (χ3n) is 3.38. The van der Waals surface area contributed by atoms with Crippen LogP contribution in [0.2, 0.25) is 0 Å². The number of nitrogens with two attached hydrogens (primary N) is 1. The Balaban J connectivity index is 1.87. The van der Waals surface area contributed by atoms with Crippen molar-refractivity contribution in [3.63, 3.8) is 0 Å². The van der Waals surface area contributed by atoms with Gasteiger partial charge in [0.25, 0.3) is 0 Å². The Morgan fingerprint density at radius 1 is 1.40 bits per heavy atom. The van der Waals surface area contributed by atoms with Gasteiger partial charge in [-0.3, -0.25) is 4.79 Å². The van der Waals surface area contributed by atoms with Crippen molar-refractivity contribution in [3.8, 4) is 0 Å². The van der Waals surface area contributed by atoms with Crippen LogP contribution in [0.1, 0.15) is 24.4 Å². The normalized spacial score (nSPS) is 19.9. The molecule has 0 bridgehead atoms. The number of hydrogen-bond acceptors (Lipinski definition) is 4. The van der Waals surface area contributed by atoms with Crippen LogP contribution >= 0.6 is 11.8 Å². The summed E-state index contributed by atoms with van der Waals surface area (Å²) in [6, 6.07) is 8.71. The SMILES string of the molecule is NC(CCC(=O)N1CSC[C@H]1C(=O)O)c1ccccc1. The number of amides is 1. The van der Waals surface area contributed by atoms with Crippen LogP contribution in [-0.2, 0) is 9.59 Å². The second kappa shape index (κ2) is 6.76. The maximum atomic E-state index is 12.1. The zero-order chi connectivity index (χ0) is 14.5. The number of carboxylic acid groups (broad SMARTS) is 1. The highest BCUT2D eigenvalue weighted by atomic mass is 32.2. The molecule has 108 valence electrons. The molecule has 0 aromatic heterocycles. The van der Waals surface area contributed by atoms with Crippen molar-refractivity contribution >= 4 is 23.6 Å². The molecule has 1 aromatic carbocycles. The van der Waals surface area contributed by atoms with Crippen molar-refractivity contribution in [2.75, 3.05) is 11.6 Å². The molecule has 0 saturated carbocycles. The molecule has 1 aliphatic heterocycles. The van der Waals surface area contributed by atoms with Crippen LogP contribution in [0, 0.1) is 0 Å². The molecule has 1 saturated heterocycles. The van der Waals surface area contributed by atoms with E-state index in [0.29, 0.717) is 18.1 Å². The lowest BCUT2D eigenvalue weighted by Crippen LogP contribution is -2.41. The predicted octanol–water partition coefficient (Wildman–Crippen LogP) is 1.45. The number of aliphatic carboxylic acids is 1. The summed E-state index contributed by atoms with van der Waals surface area (Å²) in [5, 5.41) is 9.06. The maximum Gasteiger partial charge on any atom is 0.327 e. The van der Waals surface area contributed by atoms with Gasteiger partial charge in [-0.05, 0) is 12.0 Å². The summed E-state index contributed by atoms with van der Waals surface area (Å²) in [5.41, 5.74) is 7.04. The Kier molecular flexibility index (Phi) is 5.03. The largest absolute Gasteiger partial charge is 0.480 e. The van der Waals surface area contributed by atoms with E-state index in [-0.39, 0.29) is 18.4 Å². The quantitative estimate of drug-likeness (QED) is 0.859. The van der Waals surface area contributed by atoms with Crippen molar-refractivity contribution in [1.29, 1.82) is 0 Å². The fraction of sp³-hybridized carbons (Fsp3) is 0.429. The van der Waals surface area contributed by atoms with E-state index in [1.54, 1.807) is 0 Å². The van der Waals surface area contributed by atoms with E-state index in [4.69, 9.17) is 10.8 Å². The van der Waals surface area contributed by atoms with Crippen molar-refractivity contribution in [2.45, 2.75) is 24.9 Å². The van der Waals surface area contributed by atoms with Crippen molar-refractivity contribution in [2.24, 2.45) is 5.73 Å². The molecule has 3 N–H and O–H groups in total. The van der Waals surface area contributed by atoms with Crippen LogP contribution in [0.25, 0.3) is 0 Å². The van der Waals surface area contributed by atoms with E-state index in [0.717, 1.165) is 5.56 Å². The van der Waals surface area contributed by atoms with E-state index in [2.05, 4.69) is 0 Å². The standard InChI is InChI=1S/C14H18N2O3S/c15-11(10-4-2-1-3-5-10)6-7-13(17)16-9-20-8-12(16)14(18)19/h1-5,11-12H,6-9,15H2,(H,18,19)/t11?,12-/m0/s1. The first-order chi connectivity index (χ1) is 9.59. The lowest BCUT2D eigenvalue weighted by Gasteiger charge is -2.21. The smallest absolute Gasteiger partial charge is 0.327 e. The van der Waals surface area contributed by atoms with Crippen LogP contribution in [0.5, 0.6) is 0 Å². The highest BCUT2D eigenvalue weighted by Crippen LogP contribution is 2.23. The number of thioether (sulfide) groups is 1. The van der Waals surface area contributed by atoms with Gasteiger partial charge in [0.2, 0.25) is 5.91 Å². The average molecular weight is 294 g/mol. The highest BCUT2D eigenvalue weighted by Gasteiger charge is 2.34. The molecular formula is C14H18N2O3S. The summed E-state index contributed by atoms with van der Waals surface area (Å²) in [5.74, 6) is -0.146. The molecule has 0 aliphatic carbocycles. The Morgan fingerprint density at radius 2 is 2.10 bits per heavy atom. The number of rotatable bonds is 5. The molecular weight excluding hydrogens is 276 g/mol. The van der Waals surface area contributed by atoms with Gasteiger partial charge in [-0.25, -0.2) is 4.79 Å². The van der Waals surface area contributed by atoms with Crippen molar-refractivity contribution in [1.82, 2.24) is 4.90 Å². The molecule has 1 unspecified atom stereocenters. The zero-order valence-electron chi connectivity index (χ0n) is 11.1. The Bertz CT molecular complexity index is 481. The summed E-state index contributed by atoms with van der Waals surface area (Å²) < 4.78 is 0. The van der Waals surface area contributed by atoms with Gasteiger partial charge in [-0.2, -0.15) is 0 Å². The minimum absolute atomic E-state index is 0.131. The predicted molar refractivity (Wildman–Crippen MR) is 78.2 cm³/mol. The molecule has 1 aromatic rings. The van der Waals surface area contributed by atoms with Gasteiger partial charge in [-0.15, -0.1) is 11.8 Å². The molecule has 1 heterocycles. The summed E-state index contributed by atoms with van der Waals surface area (Å²) in [6.07, 6.45) is 0.802. The average Bonchev–Trinajstić information content (AvgIpc) is 2.95. The molecule has 20 heavy (non-hydrogen) atoms. The number of nitrogens with zero attached hydrogens (tertiary/aromatic N) is 1. The molecule has 0 spiro atoms. The van der Waals surface area contributed by atoms with Crippen LogP contribution in [0.4, 0.5) is 0 Å². The molecule has 2 atom stereocenters. The molecule has 2 rings (SSSR count). The molecule has 6 heteroatoms. The van der Waals surface area contributed by atoms with Gasteiger partial charge in [-0.1, -0.05) is 30.3 Å². The third-order valence-corrected chi connectivity index (χ3v) is 4.40. The summed E-state index contributed by atoms with van der Waals surface area (Å²) in [6.45, 7) is 0. The van der Waals surface area contributed by atoms with Gasteiger partial charge < -0.3 is 15.7 Å². The first-order valence-electron chi connectivity index (χ1n) is 6.50. The van der Waals surface area contributed by atoms with E-state index in [1.807, 2.05) is 30.3 Å². The topological polar surface area (TPSA) is 83.6 Å². The highest BCUT2D eigenvalue weighted by molar-refractivity contribution is 7.99. The minimum Gasteiger partial charge on any atom is -0.480 e. The molecule has 0 radical (unpaired) electrons. The zero-order valence-corrected chi connectivity index (χ0v) is 11.9. The first-order valence-corrected chi connectivity index (χ1v) is 7.65. The summed E-state index contributed by atoms with van der Waals surface area (Å²) in [4.78, 5) is 24.6. The van der Waals surface area contributed by atoms with Gasteiger partial charge in [0.05, 0.1) is 5.88 Å². The van der Waals surface area contributed by atoms with Crippen LogP contribution in [-0.4, -0.2) is 39.6 Å². The Labute approximate surface area is 122 Å². The monoisotopic (exact) mass is 294 g/mol. The summed E-state index contributed by atoms with van der Waals surface area (Å²) >= 11 is 1.47. The van der Waals surface area contributed by atoms with Crippen molar-refractivity contribution < 1.29 is 14.7 Å². The van der Waals surface area contributed by atoms with Gasteiger partial charge in [0.15, 0.2) is 0 Å². The number of hydrogen-bond donors (Lipinski definition) is 2. The fourth-order valence-electron chi connectivity index (χ4n) is 2.18. The van der Waals surface area contributed by atoms with E-state index in [1.165, 1.54) is 16.7 Å². The second-order valence-corrected chi connectivity index (χ2v) is 5.77. The third kappa shape index (κ3) is 3.52. The van der Waals surface area contributed by atoms with Crippen LogP contribution < -0.4 is 5.73 Å². The molecule has 1 fully saturated rings. The number of carbonyl (C=O) groups excluding carboxylic acids is 1. The number of carboxylic acids is 1. The van der Waals surface area contributed by atoms with Gasteiger partial charge in [0.1, 0.15) is 6.04 Å². The second-order valence-electron chi connectivity index (χ2n) is 4.77. The van der Waals surface area contributed by atoms with Crippen molar-refractivity contribution in [3.05, 3.63) is 35.9 Å². The summed E-state index contributed by atoms with van der Waals surface area (Å²) in [7, 11) is 0.